The predicted octanol–water partition coefficient (Wildman–Crippen LogP) is 3.11. The van der Waals surface area contributed by atoms with Crippen LogP contribution in [-0.2, 0) is 17.6 Å². The minimum absolute atomic E-state index is 0.0422. The van der Waals surface area contributed by atoms with Gasteiger partial charge in [-0.2, -0.15) is 0 Å². The topological polar surface area (TPSA) is 76.1 Å². The van der Waals surface area contributed by atoms with Crippen LogP contribution in [0.1, 0.15) is 29.7 Å². The van der Waals surface area contributed by atoms with Crippen molar-refractivity contribution in [3.8, 4) is 5.75 Å². The van der Waals surface area contributed by atoms with Crippen molar-refractivity contribution < 1.29 is 9.53 Å². The van der Waals surface area contributed by atoms with E-state index in [1.807, 2.05) is 61.7 Å². The third kappa shape index (κ3) is 6.67. The number of nitrogens with zero attached hydrogens (tertiary/aromatic N) is 2. The molecule has 0 aliphatic heterocycles. The van der Waals surface area contributed by atoms with Gasteiger partial charge in [-0.3, -0.25) is 14.8 Å². The molecule has 0 saturated heterocycles. The van der Waals surface area contributed by atoms with E-state index in [-0.39, 0.29) is 5.91 Å². The van der Waals surface area contributed by atoms with Crippen molar-refractivity contribution in [3.63, 3.8) is 0 Å². The van der Waals surface area contributed by atoms with Crippen molar-refractivity contribution in [2.75, 3.05) is 19.7 Å². The van der Waals surface area contributed by atoms with Gasteiger partial charge in [0.1, 0.15) is 11.8 Å². The fourth-order valence-corrected chi connectivity index (χ4v) is 3.17. The maximum Gasteiger partial charge on any atom is 0.241 e. The number of benzene rings is 1. The molecular formula is C24H28N4O2. The van der Waals surface area contributed by atoms with E-state index < -0.39 is 6.04 Å². The number of hydrogen-bond donors (Lipinski definition) is 2. The number of hydrogen-bond acceptors (Lipinski definition) is 5. The van der Waals surface area contributed by atoms with E-state index in [9.17, 15) is 4.79 Å². The second-order valence-corrected chi connectivity index (χ2v) is 6.90. The van der Waals surface area contributed by atoms with Crippen molar-refractivity contribution in [2.45, 2.75) is 25.8 Å². The van der Waals surface area contributed by atoms with Crippen LogP contribution in [0.2, 0.25) is 0 Å². The largest absolute Gasteiger partial charge is 0.494 e. The van der Waals surface area contributed by atoms with Gasteiger partial charge in [0.15, 0.2) is 0 Å². The molecule has 1 unspecified atom stereocenters. The van der Waals surface area contributed by atoms with Gasteiger partial charge in [-0.05, 0) is 66.8 Å². The molecule has 0 saturated carbocycles. The lowest BCUT2D eigenvalue weighted by atomic mass is 10.0. The normalized spacial score (nSPS) is 11.6. The number of pyridine rings is 2. The molecule has 1 amide bonds. The van der Waals surface area contributed by atoms with Crippen molar-refractivity contribution in [1.29, 1.82) is 0 Å². The highest BCUT2D eigenvalue weighted by atomic mass is 16.5. The van der Waals surface area contributed by atoms with Gasteiger partial charge in [-0.15, -0.1) is 0 Å². The summed E-state index contributed by atoms with van der Waals surface area (Å²) >= 11 is 0. The quantitative estimate of drug-likeness (QED) is 0.514. The van der Waals surface area contributed by atoms with Crippen LogP contribution < -0.4 is 15.4 Å². The SMILES string of the molecule is CCOc1ccc(C(NCCc2cccnc2)C(=O)NCCc2ccncc2)cc1. The summed E-state index contributed by atoms with van der Waals surface area (Å²) in [6.45, 7) is 3.80. The summed E-state index contributed by atoms with van der Waals surface area (Å²) in [5, 5.41) is 6.45. The van der Waals surface area contributed by atoms with Crippen LogP contribution >= 0.6 is 0 Å². The van der Waals surface area contributed by atoms with Crippen molar-refractivity contribution in [3.05, 3.63) is 90.0 Å². The summed E-state index contributed by atoms with van der Waals surface area (Å²) < 4.78 is 5.52. The first kappa shape index (κ1) is 21.5. The van der Waals surface area contributed by atoms with Crippen LogP contribution in [-0.4, -0.2) is 35.6 Å². The van der Waals surface area contributed by atoms with Crippen molar-refractivity contribution in [2.24, 2.45) is 0 Å². The van der Waals surface area contributed by atoms with E-state index in [1.165, 1.54) is 0 Å². The Bertz CT molecular complexity index is 886. The lowest BCUT2D eigenvalue weighted by Crippen LogP contribution is -2.39. The third-order valence-electron chi connectivity index (χ3n) is 4.73. The Balaban J connectivity index is 1.61. The Morgan fingerprint density at radius 1 is 0.933 bits per heavy atom. The monoisotopic (exact) mass is 404 g/mol. The maximum absolute atomic E-state index is 13.0. The summed E-state index contributed by atoms with van der Waals surface area (Å²) in [5.41, 5.74) is 3.19. The summed E-state index contributed by atoms with van der Waals surface area (Å²) in [6.07, 6.45) is 8.70. The maximum atomic E-state index is 13.0. The average molecular weight is 405 g/mol. The van der Waals surface area contributed by atoms with E-state index in [1.54, 1.807) is 18.6 Å². The minimum atomic E-state index is -0.435. The molecule has 6 nitrogen and oxygen atoms in total. The fraction of sp³-hybridized carbons (Fsp3) is 0.292. The van der Waals surface area contributed by atoms with Gasteiger partial charge in [-0.1, -0.05) is 18.2 Å². The molecule has 1 atom stereocenters. The molecule has 3 rings (SSSR count). The Hall–Kier alpha value is -3.25. The molecule has 1 aromatic carbocycles. The van der Waals surface area contributed by atoms with Crippen LogP contribution in [0.25, 0.3) is 0 Å². The van der Waals surface area contributed by atoms with Crippen LogP contribution in [0.4, 0.5) is 0 Å². The van der Waals surface area contributed by atoms with Gasteiger partial charge in [0, 0.05) is 37.9 Å². The van der Waals surface area contributed by atoms with Gasteiger partial charge < -0.3 is 15.4 Å². The van der Waals surface area contributed by atoms with E-state index >= 15 is 0 Å². The zero-order valence-electron chi connectivity index (χ0n) is 17.3. The van der Waals surface area contributed by atoms with E-state index in [2.05, 4.69) is 20.6 Å². The molecule has 2 N–H and O–H groups in total. The Morgan fingerprint density at radius 2 is 1.70 bits per heavy atom. The molecule has 0 bridgehead atoms. The molecular weight excluding hydrogens is 376 g/mol. The van der Waals surface area contributed by atoms with Gasteiger partial charge >= 0.3 is 0 Å². The molecule has 0 radical (unpaired) electrons. The second kappa shape index (κ2) is 11.7. The summed E-state index contributed by atoms with van der Waals surface area (Å²) in [4.78, 5) is 21.1. The lowest BCUT2D eigenvalue weighted by molar-refractivity contribution is -0.123. The number of carbonyl (C=O) groups is 1. The van der Waals surface area contributed by atoms with Gasteiger partial charge in [-0.25, -0.2) is 0 Å². The molecule has 0 aliphatic rings. The average Bonchev–Trinajstić information content (AvgIpc) is 2.79. The summed E-state index contributed by atoms with van der Waals surface area (Å²) in [5.74, 6) is 0.757. The number of amides is 1. The zero-order chi connectivity index (χ0) is 21.0. The molecule has 0 fully saturated rings. The molecule has 156 valence electrons. The Labute approximate surface area is 177 Å². The highest BCUT2D eigenvalue weighted by Gasteiger charge is 2.19. The van der Waals surface area contributed by atoms with Crippen molar-refractivity contribution in [1.82, 2.24) is 20.6 Å². The molecule has 0 spiro atoms. The van der Waals surface area contributed by atoms with E-state index in [0.29, 0.717) is 19.7 Å². The number of nitrogens with one attached hydrogen (secondary N) is 2. The molecule has 30 heavy (non-hydrogen) atoms. The van der Waals surface area contributed by atoms with Crippen molar-refractivity contribution >= 4 is 5.91 Å². The first-order valence-electron chi connectivity index (χ1n) is 10.3. The fourth-order valence-electron chi connectivity index (χ4n) is 3.17. The predicted molar refractivity (Wildman–Crippen MR) is 117 cm³/mol. The molecule has 6 heteroatoms. The molecule has 0 aliphatic carbocycles. The van der Waals surface area contributed by atoms with Crippen LogP contribution in [0.5, 0.6) is 5.75 Å². The van der Waals surface area contributed by atoms with Gasteiger partial charge in [0.25, 0.3) is 0 Å². The van der Waals surface area contributed by atoms with Gasteiger partial charge in [0.05, 0.1) is 6.61 Å². The zero-order valence-corrected chi connectivity index (χ0v) is 17.3. The highest BCUT2D eigenvalue weighted by Crippen LogP contribution is 2.18. The molecule has 3 aromatic rings. The molecule has 2 aromatic heterocycles. The van der Waals surface area contributed by atoms with Crippen LogP contribution in [0.3, 0.4) is 0 Å². The third-order valence-corrected chi connectivity index (χ3v) is 4.73. The van der Waals surface area contributed by atoms with Crippen LogP contribution in [0, 0.1) is 0 Å². The molecule has 2 heterocycles. The van der Waals surface area contributed by atoms with E-state index in [0.717, 1.165) is 35.3 Å². The smallest absolute Gasteiger partial charge is 0.241 e. The second-order valence-electron chi connectivity index (χ2n) is 6.90. The Kier molecular flexibility index (Phi) is 8.35. The first-order valence-corrected chi connectivity index (χ1v) is 10.3. The summed E-state index contributed by atoms with van der Waals surface area (Å²) in [7, 11) is 0. The number of carbonyl (C=O) groups excluding carboxylic acids is 1. The number of aromatic nitrogens is 2. The standard InChI is InChI=1S/C24H28N4O2/c1-2-30-22-7-5-21(6-8-22)23(27-16-12-20-4-3-13-26-18-20)24(29)28-17-11-19-9-14-25-15-10-19/h3-10,13-15,18,23,27H,2,11-12,16-17H2,1H3,(H,28,29). The lowest BCUT2D eigenvalue weighted by Gasteiger charge is -2.19. The van der Waals surface area contributed by atoms with Crippen LogP contribution in [0.15, 0.2) is 73.3 Å². The van der Waals surface area contributed by atoms with E-state index in [4.69, 9.17) is 4.74 Å². The first-order chi connectivity index (χ1) is 14.8. The number of rotatable bonds is 11. The highest BCUT2D eigenvalue weighted by molar-refractivity contribution is 5.83. The Morgan fingerprint density at radius 3 is 2.40 bits per heavy atom. The van der Waals surface area contributed by atoms with Gasteiger partial charge in [0.2, 0.25) is 5.91 Å². The summed E-state index contributed by atoms with van der Waals surface area (Å²) in [6, 6.07) is 15.1. The minimum Gasteiger partial charge on any atom is -0.494 e. The number of ether oxygens (including phenoxy) is 1.